The van der Waals surface area contributed by atoms with Gasteiger partial charge in [0.25, 0.3) is 0 Å². The summed E-state index contributed by atoms with van der Waals surface area (Å²) in [6.45, 7) is 4.49. The number of hydrogen-bond donors (Lipinski definition) is 0. The van der Waals surface area contributed by atoms with Gasteiger partial charge in [-0.2, -0.15) is 0 Å². The summed E-state index contributed by atoms with van der Waals surface area (Å²) in [6, 6.07) is 101. The number of rotatable bonds is 5. The van der Waals surface area contributed by atoms with Crippen LogP contribution in [-0.4, -0.2) is 4.57 Å². The maximum atomic E-state index is 2.57. The van der Waals surface area contributed by atoms with Crippen molar-refractivity contribution in [1.82, 2.24) is 4.57 Å². The molecule has 2 nitrogen and oxygen atoms in total. The molecule has 78 heavy (non-hydrogen) atoms. The molecule has 2 heterocycles. The van der Waals surface area contributed by atoms with E-state index in [-0.39, 0.29) is 0 Å². The molecule has 1 aliphatic heterocycles. The highest BCUT2D eigenvalue weighted by atomic mass is 15.1. The Morgan fingerprint density at radius 3 is 1.46 bits per heavy atom. The Hall–Kier alpha value is -9.76. The maximum Gasteiger partial charge on any atom is 0.0754 e. The Labute approximate surface area is 454 Å². The molecule has 17 rings (SSSR count). The fraction of sp³-hybridized carbons (Fsp3) is 0.0526. The monoisotopic (exact) mass is 990 g/mol. The zero-order chi connectivity index (χ0) is 51.4. The molecule has 12 aromatic carbocycles. The minimum absolute atomic E-state index is 0.461. The highest BCUT2D eigenvalue weighted by Crippen LogP contribution is 2.65. The van der Waals surface area contributed by atoms with Crippen LogP contribution in [0.2, 0.25) is 0 Å². The van der Waals surface area contributed by atoms with Gasteiger partial charge in [-0.25, -0.2) is 0 Å². The molecular weight excluding hydrogens is 941 g/mol. The first kappa shape index (κ1) is 43.5. The third-order valence-electron chi connectivity index (χ3n) is 18.1. The van der Waals surface area contributed by atoms with Crippen LogP contribution in [0.3, 0.4) is 0 Å². The van der Waals surface area contributed by atoms with Gasteiger partial charge in [0.2, 0.25) is 0 Å². The molecule has 0 bridgehead atoms. The van der Waals surface area contributed by atoms with E-state index in [2.05, 4.69) is 290 Å². The maximum absolute atomic E-state index is 2.57. The first-order valence-corrected chi connectivity index (χ1v) is 27.4. The molecule has 0 saturated heterocycles. The van der Waals surface area contributed by atoms with Gasteiger partial charge in [0, 0.05) is 27.7 Å². The molecule has 0 saturated carbocycles. The highest BCUT2D eigenvalue weighted by Gasteiger charge is 2.53. The minimum Gasteiger partial charge on any atom is -0.310 e. The van der Waals surface area contributed by atoms with E-state index < -0.39 is 10.8 Å². The molecule has 3 aliphatic carbocycles. The fourth-order valence-corrected chi connectivity index (χ4v) is 15.1. The van der Waals surface area contributed by atoms with E-state index >= 15 is 0 Å². The summed E-state index contributed by atoms with van der Waals surface area (Å²) in [5.74, 6) is 0. The standard InChI is InChI=1S/C76H50N2/c1-47-34-40-70-60(42-47)61-43-48(2)44-69-74(61)78(70)71-41-37-52(46-68(71)76(69)64-29-13-8-24-57(64)58-25-9-14-30-65(58)76)50-35-38-53(39-36-50)77(54-21-16-20-51(45-54)49-18-4-3-5-19-49)72-33-17-32-67-73(72)59-26-10-15-31-66(59)75(67)62-27-11-6-22-55(62)56-23-7-12-28-63(56)75/h3-46H,1-2H3. The lowest BCUT2D eigenvalue weighted by Gasteiger charge is -2.40. The molecule has 13 aromatic rings. The molecule has 0 amide bonds. The Morgan fingerprint density at radius 2 is 0.808 bits per heavy atom. The van der Waals surface area contributed by atoms with Crippen LogP contribution in [0.1, 0.15) is 55.6 Å². The van der Waals surface area contributed by atoms with Crippen molar-refractivity contribution in [2.45, 2.75) is 24.7 Å². The number of fused-ring (bicyclic) bond motifs is 22. The largest absolute Gasteiger partial charge is 0.310 e. The normalized spacial score (nSPS) is 14.0. The van der Waals surface area contributed by atoms with Crippen molar-refractivity contribution in [3.63, 3.8) is 0 Å². The van der Waals surface area contributed by atoms with Crippen molar-refractivity contribution >= 4 is 38.9 Å². The van der Waals surface area contributed by atoms with Gasteiger partial charge in [-0.05, 0) is 169 Å². The SMILES string of the molecule is Cc1ccc2c(c1)c1cc(C)cc3c1n2-c1ccc(-c2ccc(N(c4cccc(-c5ccccc5)c4)c4cccc5c4-c4ccccc4C54c5ccccc5-c5ccccc54)cc2)cc1C31c2ccccc2-c2ccccc21. The molecular formula is C76H50N2. The highest BCUT2D eigenvalue weighted by molar-refractivity contribution is 6.13. The summed E-state index contributed by atoms with van der Waals surface area (Å²) in [5, 5.41) is 2.62. The summed E-state index contributed by atoms with van der Waals surface area (Å²) >= 11 is 0. The molecule has 0 atom stereocenters. The number of benzene rings is 12. The summed E-state index contributed by atoms with van der Waals surface area (Å²) in [4.78, 5) is 2.51. The zero-order valence-corrected chi connectivity index (χ0v) is 43.3. The summed E-state index contributed by atoms with van der Waals surface area (Å²) < 4.78 is 2.57. The Morgan fingerprint density at radius 1 is 0.308 bits per heavy atom. The van der Waals surface area contributed by atoms with Crippen molar-refractivity contribution in [2.24, 2.45) is 0 Å². The third-order valence-corrected chi connectivity index (χ3v) is 18.1. The van der Waals surface area contributed by atoms with Crippen LogP contribution in [0.25, 0.3) is 83.1 Å². The van der Waals surface area contributed by atoms with Crippen LogP contribution < -0.4 is 4.90 Å². The van der Waals surface area contributed by atoms with Crippen molar-refractivity contribution in [3.05, 3.63) is 323 Å². The van der Waals surface area contributed by atoms with E-state index in [1.165, 1.54) is 139 Å². The van der Waals surface area contributed by atoms with Gasteiger partial charge in [0.15, 0.2) is 0 Å². The fourth-order valence-electron chi connectivity index (χ4n) is 15.1. The van der Waals surface area contributed by atoms with E-state index in [0.717, 1.165) is 17.1 Å². The van der Waals surface area contributed by atoms with Gasteiger partial charge in [0.1, 0.15) is 0 Å². The van der Waals surface area contributed by atoms with Crippen LogP contribution in [0.15, 0.2) is 267 Å². The summed E-state index contributed by atoms with van der Waals surface area (Å²) in [6.07, 6.45) is 0. The van der Waals surface area contributed by atoms with Crippen molar-refractivity contribution in [1.29, 1.82) is 0 Å². The molecule has 2 heteroatoms. The number of aromatic nitrogens is 1. The molecule has 0 N–H and O–H groups in total. The Kier molecular flexibility index (Phi) is 8.86. The Balaban J connectivity index is 0.883. The van der Waals surface area contributed by atoms with Crippen LogP contribution in [0.4, 0.5) is 17.1 Å². The second-order valence-electron chi connectivity index (χ2n) is 22.0. The number of anilines is 3. The lowest BCUT2D eigenvalue weighted by molar-refractivity contribution is 0.748. The van der Waals surface area contributed by atoms with E-state index in [1.807, 2.05) is 0 Å². The van der Waals surface area contributed by atoms with Gasteiger partial charge in [-0.15, -0.1) is 0 Å². The second kappa shape index (κ2) is 15.9. The second-order valence-corrected chi connectivity index (χ2v) is 22.0. The van der Waals surface area contributed by atoms with Crippen LogP contribution in [0.5, 0.6) is 0 Å². The molecule has 364 valence electrons. The summed E-state index contributed by atoms with van der Waals surface area (Å²) in [7, 11) is 0. The molecule has 1 aromatic heterocycles. The zero-order valence-electron chi connectivity index (χ0n) is 43.3. The molecule has 0 radical (unpaired) electrons. The predicted octanol–water partition coefficient (Wildman–Crippen LogP) is 19.2. The van der Waals surface area contributed by atoms with Gasteiger partial charge >= 0.3 is 0 Å². The average molecular weight is 991 g/mol. The van der Waals surface area contributed by atoms with Crippen LogP contribution in [0, 0.1) is 13.8 Å². The summed E-state index contributed by atoms with van der Waals surface area (Å²) in [5.41, 5.74) is 31.8. The van der Waals surface area contributed by atoms with Gasteiger partial charge in [-0.1, -0.05) is 217 Å². The molecule has 4 aliphatic rings. The van der Waals surface area contributed by atoms with E-state index in [0.29, 0.717) is 0 Å². The van der Waals surface area contributed by atoms with Crippen molar-refractivity contribution < 1.29 is 0 Å². The van der Waals surface area contributed by atoms with Crippen molar-refractivity contribution in [2.75, 3.05) is 4.90 Å². The number of aryl methyl sites for hydroxylation is 2. The van der Waals surface area contributed by atoms with E-state index in [4.69, 9.17) is 0 Å². The quantitative estimate of drug-likeness (QED) is 0.167. The van der Waals surface area contributed by atoms with Gasteiger partial charge < -0.3 is 9.47 Å². The molecule has 0 fully saturated rings. The average Bonchev–Trinajstić information content (AvgIpc) is 3.90. The van der Waals surface area contributed by atoms with E-state index in [1.54, 1.807) is 0 Å². The third kappa shape index (κ3) is 5.56. The van der Waals surface area contributed by atoms with Gasteiger partial charge in [0.05, 0.1) is 33.2 Å². The topological polar surface area (TPSA) is 8.17 Å². The molecule has 2 spiro atoms. The lowest BCUT2D eigenvalue weighted by atomic mass is 9.65. The minimum atomic E-state index is -0.537. The number of nitrogens with zero attached hydrogens (tertiary/aromatic N) is 2. The first-order chi connectivity index (χ1) is 38.5. The Bertz CT molecular complexity index is 4610. The predicted molar refractivity (Wildman–Crippen MR) is 323 cm³/mol. The first-order valence-electron chi connectivity index (χ1n) is 27.4. The van der Waals surface area contributed by atoms with E-state index in [9.17, 15) is 0 Å². The van der Waals surface area contributed by atoms with Crippen molar-refractivity contribution in [3.8, 4) is 61.3 Å². The van der Waals surface area contributed by atoms with Gasteiger partial charge in [-0.3, -0.25) is 0 Å². The molecule has 0 unspecified atom stereocenters. The van der Waals surface area contributed by atoms with Crippen LogP contribution >= 0.6 is 0 Å². The number of hydrogen-bond acceptors (Lipinski definition) is 1. The lowest BCUT2D eigenvalue weighted by Crippen LogP contribution is -2.33. The smallest absolute Gasteiger partial charge is 0.0754 e. The van der Waals surface area contributed by atoms with Crippen LogP contribution in [-0.2, 0) is 10.8 Å².